The highest BCUT2D eigenvalue weighted by molar-refractivity contribution is 14.0. The van der Waals surface area contributed by atoms with E-state index >= 15 is 0 Å². The van der Waals surface area contributed by atoms with Gasteiger partial charge < -0.3 is 16.0 Å². The number of amides is 1. The van der Waals surface area contributed by atoms with Crippen molar-refractivity contribution < 1.29 is 4.79 Å². The van der Waals surface area contributed by atoms with Gasteiger partial charge in [-0.1, -0.05) is 6.08 Å². The lowest BCUT2D eigenvalue weighted by Crippen LogP contribution is -2.47. The van der Waals surface area contributed by atoms with Crippen molar-refractivity contribution in [2.45, 2.75) is 19.3 Å². The molecule has 1 saturated heterocycles. The molecular formula is C12H23IN4O. The monoisotopic (exact) mass is 366 g/mol. The van der Waals surface area contributed by atoms with E-state index in [2.05, 4.69) is 21.8 Å². The van der Waals surface area contributed by atoms with E-state index in [0.29, 0.717) is 18.9 Å². The molecule has 1 aliphatic rings. The molecule has 0 spiro atoms. The van der Waals surface area contributed by atoms with Crippen LogP contribution in [0.3, 0.4) is 0 Å². The molecule has 0 saturated carbocycles. The molecule has 0 aromatic carbocycles. The molecule has 0 bridgehead atoms. The van der Waals surface area contributed by atoms with Crippen molar-refractivity contribution in [3.05, 3.63) is 12.7 Å². The Hall–Kier alpha value is -0.790. The molecule has 3 N–H and O–H groups in total. The summed E-state index contributed by atoms with van der Waals surface area (Å²) in [7, 11) is 1.77. The molecule has 0 aromatic heterocycles. The van der Waals surface area contributed by atoms with Crippen LogP contribution in [0.4, 0.5) is 0 Å². The number of halogens is 1. The van der Waals surface area contributed by atoms with E-state index in [1.807, 2.05) is 0 Å². The molecule has 1 fully saturated rings. The number of guanidine groups is 1. The van der Waals surface area contributed by atoms with Crippen LogP contribution in [0.15, 0.2) is 17.6 Å². The highest BCUT2D eigenvalue weighted by atomic mass is 127. The average Bonchev–Trinajstić information content (AvgIpc) is 2.30. The second-order valence-corrected chi connectivity index (χ2v) is 4.34. The van der Waals surface area contributed by atoms with Crippen LogP contribution in [-0.2, 0) is 4.79 Å². The first-order valence-electron chi connectivity index (χ1n) is 6.02. The molecule has 1 unspecified atom stereocenters. The summed E-state index contributed by atoms with van der Waals surface area (Å²) in [5, 5.41) is 3.20. The van der Waals surface area contributed by atoms with E-state index < -0.39 is 0 Å². The Morgan fingerprint density at radius 3 is 2.94 bits per heavy atom. The van der Waals surface area contributed by atoms with Gasteiger partial charge in [0.05, 0.1) is 0 Å². The lowest BCUT2D eigenvalue weighted by molar-refractivity contribution is -0.119. The van der Waals surface area contributed by atoms with Crippen molar-refractivity contribution in [3.63, 3.8) is 0 Å². The highest BCUT2D eigenvalue weighted by Gasteiger charge is 2.23. The maximum Gasteiger partial charge on any atom is 0.217 e. The molecule has 0 radical (unpaired) electrons. The van der Waals surface area contributed by atoms with Gasteiger partial charge in [0, 0.05) is 33.1 Å². The Kier molecular flexibility index (Phi) is 8.78. The maximum atomic E-state index is 10.9. The highest BCUT2D eigenvalue weighted by Crippen LogP contribution is 2.19. The number of nitrogens with one attached hydrogen (secondary N) is 1. The summed E-state index contributed by atoms with van der Waals surface area (Å²) in [6, 6.07) is 0. The minimum Gasteiger partial charge on any atom is -0.370 e. The molecule has 5 nitrogen and oxygen atoms in total. The third-order valence-electron chi connectivity index (χ3n) is 2.92. The van der Waals surface area contributed by atoms with Gasteiger partial charge in [0.2, 0.25) is 5.91 Å². The van der Waals surface area contributed by atoms with Gasteiger partial charge in [-0.3, -0.25) is 9.79 Å². The smallest absolute Gasteiger partial charge is 0.217 e. The summed E-state index contributed by atoms with van der Waals surface area (Å²) < 4.78 is 0. The lowest BCUT2D eigenvalue weighted by atomic mass is 9.95. The van der Waals surface area contributed by atoms with Gasteiger partial charge in [-0.05, 0) is 18.8 Å². The molecule has 0 aliphatic carbocycles. The van der Waals surface area contributed by atoms with Crippen molar-refractivity contribution in [1.29, 1.82) is 0 Å². The van der Waals surface area contributed by atoms with E-state index in [-0.39, 0.29) is 29.9 Å². The van der Waals surface area contributed by atoms with Crippen molar-refractivity contribution in [3.8, 4) is 0 Å². The number of nitrogens with zero attached hydrogens (tertiary/aromatic N) is 2. The Morgan fingerprint density at radius 1 is 1.67 bits per heavy atom. The number of aliphatic imine (C=N–C) groups is 1. The van der Waals surface area contributed by atoms with Gasteiger partial charge >= 0.3 is 0 Å². The standard InChI is InChI=1S/C12H22N4O.HI/c1-3-6-15-12(14-2)16-7-4-5-10(9-16)8-11(13)17;/h3,10H,1,4-9H2,2H3,(H2,13,17)(H,14,15);1H. The number of likely N-dealkylation sites (tertiary alicyclic amines) is 1. The molecule has 18 heavy (non-hydrogen) atoms. The van der Waals surface area contributed by atoms with Crippen molar-refractivity contribution in [2.75, 3.05) is 26.7 Å². The summed E-state index contributed by atoms with van der Waals surface area (Å²) >= 11 is 0. The summed E-state index contributed by atoms with van der Waals surface area (Å²) in [6.07, 6.45) is 4.41. The van der Waals surface area contributed by atoms with E-state index in [1.54, 1.807) is 13.1 Å². The van der Waals surface area contributed by atoms with Crippen molar-refractivity contribution in [1.82, 2.24) is 10.2 Å². The van der Waals surface area contributed by atoms with Gasteiger partial charge in [-0.15, -0.1) is 30.6 Å². The van der Waals surface area contributed by atoms with E-state index in [9.17, 15) is 4.79 Å². The fourth-order valence-electron chi connectivity index (χ4n) is 2.20. The van der Waals surface area contributed by atoms with Crippen LogP contribution in [0.2, 0.25) is 0 Å². The number of primary amides is 1. The fraction of sp³-hybridized carbons (Fsp3) is 0.667. The van der Waals surface area contributed by atoms with E-state index in [1.165, 1.54) is 0 Å². The largest absolute Gasteiger partial charge is 0.370 e. The molecule has 1 rings (SSSR count). The molecule has 1 aliphatic heterocycles. The number of hydrogen-bond donors (Lipinski definition) is 2. The zero-order valence-electron chi connectivity index (χ0n) is 10.9. The van der Waals surface area contributed by atoms with Gasteiger partial charge in [0.15, 0.2) is 5.96 Å². The average molecular weight is 366 g/mol. The summed E-state index contributed by atoms with van der Waals surface area (Å²) in [4.78, 5) is 17.3. The third kappa shape index (κ3) is 5.70. The minimum atomic E-state index is -0.217. The van der Waals surface area contributed by atoms with Crippen LogP contribution >= 0.6 is 24.0 Å². The number of hydrogen-bond acceptors (Lipinski definition) is 2. The number of carbonyl (C=O) groups excluding carboxylic acids is 1. The maximum absolute atomic E-state index is 10.9. The minimum absolute atomic E-state index is 0. The van der Waals surface area contributed by atoms with E-state index in [4.69, 9.17) is 5.73 Å². The van der Waals surface area contributed by atoms with Gasteiger partial charge in [-0.2, -0.15) is 0 Å². The molecule has 0 aromatic rings. The van der Waals surface area contributed by atoms with Gasteiger partial charge in [-0.25, -0.2) is 0 Å². The fourth-order valence-corrected chi connectivity index (χ4v) is 2.20. The Labute approximate surface area is 126 Å². The van der Waals surface area contributed by atoms with Crippen LogP contribution in [0.25, 0.3) is 0 Å². The van der Waals surface area contributed by atoms with Crippen LogP contribution in [0.5, 0.6) is 0 Å². The first kappa shape index (κ1) is 17.2. The summed E-state index contributed by atoms with van der Waals surface area (Å²) in [5.41, 5.74) is 5.24. The second kappa shape index (κ2) is 9.18. The van der Waals surface area contributed by atoms with Crippen LogP contribution in [0.1, 0.15) is 19.3 Å². The zero-order valence-corrected chi connectivity index (χ0v) is 13.2. The molecule has 1 atom stereocenters. The number of piperidine rings is 1. The Morgan fingerprint density at radius 2 is 2.39 bits per heavy atom. The molecule has 104 valence electrons. The normalized spacial score (nSPS) is 19.9. The first-order valence-corrected chi connectivity index (χ1v) is 6.02. The van der Waals surface area contributed by atoms with Gasteiger partial charge in [0.25, 0.3) is 0 Å². The molecule has 6 heteroatoms. The van der Waals surface area contributed by atoms with Crippen LogP contribution in [-0.4, -0.2) is 43.4 Å². The molecular weight excluding hydrogens is 343 g/mol. The Bertz CT molecular complexity index is 306. The second-order valence-electron chi connectivity index (χ2n) is 4.34. The number of rotatable bonds is 4. The lowest BCUT2D eigenvalue weighted by Gasteiger charge is -2.34. The quantitative estimate of drug-likeness (QED) is 0.337. The summed E-state index contributed by atoms with van der Waals surface area (Å²) in [5.74, 6) is 1.01. The van der Waals surface area contributed by atoms with Crippen LogP contribution in [0, 0.1) is 5.92 Å². The Balaban J connectivity index is 0.00000289. The summed E-state index contributed by atoms with van der Waals surface area (Å²) in [6.45, 7) is 6.19. The topological polar surface area (TPSA) is 70.7 Å². The van der Waals surface area contributed by atoms with E-state index in [0.717, 1.165) is 31.9 Å². The van der Waals surface area contributed by atoms with Crippen molar-refractivity contribution in [2.24, 2.45) is 16.6 Å². The predicted molar refractivity (Wildman–Crippen MR) is 85.1 cm³/mol. The number of nitrogens with two attached hydrogens (primary N) is 1. The SMILES string of the molecule is C=CCNC(=NC)N1CCCC(CC(N)=O)C1.I. The predicted octanol–water partition coefficient (Wildman–Crippen LogP) is 0.953. The number of carbonyl (C=O) groups is 1. The van der Waals surface area contributed by atoms with Crippen molar-refractivity contribution >= 4 is 35.8 Å². The zero-order chi connectivity index (χ0) is 12.7. The van der Waals surface area contributed by atoms with Crippen LogP contribution < -0.4 is 11.1 Å². The molecule has 1 heterocycles. The molecule has 1 amide bonds. The van der Waals surface area contributed by atoms with Gasteiger partial charge in [0.1, 0.15) is 0 Å². The first-order chi connectivity index (χ1) is 8.17. The third-order valence-corrected chi connectivity index (χ3v) is 2.92.